The van der Waals surface area contributed by atoms with Crippen molar-refractivity contribution in [3.63, 3.8) is 0 Å². The Morgan fingerprint density at radius 2 is 1.79 bits per heavy atom. The van der Waals surface area contributed by atoms with Crippen molar-refractivity contribution in [2.24, 2.45) is 0 Å². The second-order valence-electron chi connectivity index (χ2n) is 5.46. The SMILES string of the molecule is FC(F)(F)c1ccc(Nc2ncnc3ccc4c(c23)CCS4)cc1. The predicted octanol–water partition coefficient (Wildman–Crippen LogP) is 5.04. The Bertz CT molecular complexity index is 907. The Balaban J connectivity index is 1.74. The lowest BCUT2D eigenvalue weighted by atomic mass is 10.1. The topological polar surface area (TPSA) is 37.8 Å². The van der Waals surface area contributed by atoms with Crippen LogP contribution in [0.25, 0.3) is 10.9 Å². The molecular weight excluding hydrogens is 335 g/mol. The summed E-state index contributed by atoms with van der Waals surface area (Å²) in [5.41, 5.74) is 1.93. The molecule has 1 N–H and O–H groups in total. The predicted molar refractivity (Wildman–Crippen MR) is 88.7 cm³/mol. The monoisotopic (exact) mass is 347 g/mol. The van der Waals surface area contributed by atoms with E-state index >= 15 is 0 Å². The van der Waals surface area contributed by atoms with Crippen molar-refractivity contribution in [3.8, 4) is 0 Å². The zero-order valence-corrected chi connectivity index (χ0v) is 13.2. The molecule has 122 valence electrons. The van der Waals surface area contributed by atoms with Crippen LogP contribution in [0.15, 0.2) is 47.6 Å². The van der Waals surface area contributed by atoms with Gasteiger partial charge in [-0.25, -0.2) is 9.97 Å². The highest BCUT2D eigenvalue weighted by Crippen LogP contribution is 2.38. The van der Waals surface area contributed by atoms with E-state index in [-0.39, 0.29) is 0 Å². The van der Waals surface area contributed by atoms with Crippen molar-refractivity contribution in [3.05, 3.63) is 53.9 Å². The fraction of sp³-hybridized carbons (Fsp3) is 0.176. The van der Waals surface area contributed by atoms with E-state index in [1.54, 1.807) is 11.8 Å². The standard InChI is InChI=1S/C17H12F3N3S/c18-17(19,20)10-1-3-11(4-2-10)23-16-15-12-7-8-24-14(12)6-5-13(15)21-9-22-16/h1-6,9H,7-8H2,(H,21,22,23). The zero-order valence-electron chi connectivity index (χ0n) is 12.4. The number of thioether (sulfide) groups is 1. The van der Waals surface area contributed by atoms with Crippen molar-refractivity contribution in [1.29, 1.82) is 0 Å². The van der Waals surface area contributed by atoms with Gasteiger partial charge in [-0.2, -0.15) is 13.2 Å². The summed E-state index contributed by atoms with van der Waals surface area (Å²) in [5, 5.41) is 4.07. The first kappa shape index (κ1) is 15.3. The summed E-state index contributed by atoms with van der Waals surface area (Å²) in [6, 6.07) is 8.96. The summed E-state index contributed by atoms with van der Waals surface area (Å²) in [4.78, 5) is 9.81. The number of nitrogens with one attached hydrogen (secondary N) is 1. The Hall–Kier alpha value is -2.28. The fourth-order valence-electron chi connectivity index (χ4n) is 2.82. The van der Waals surface area contributed by atoms with E-state index in [2.05, 4.69) is 21.4 Å². The van der Waals surface area contributed by atoms with E-state index in [9.17, 15) is 13.2 Å². The van der Waals surface area contributed by atoms with Crippen LogP contribution in [0.4, 0.5) is 24.7 Å². The van der Waals surface area contributed by atoms with Crippen molar-refractivity contribution in [2.75, 3.05) is 11.1 Å². The average molecular weight is 347 g/mol. The summed E-state index contributed by atoms with van der Waals surface area (Å²) < 4.78 is 38.0. The van der Waals surface area contributed by atoms with Crippen molar-refractivity contribution < 1.29 is 13.2 Å². The first-order valence-electron chi connectivity index (χ1n) is 7.36. The first-order valence-corrected chi connectivity index (χ1v) is 8.34. The molecule has 0 aliphatic carbocycles. The largest absolute Gasteiger partial charge is 0.416 e. The van der Waals surface area contributed by atoms with Crippen molar-refractivity contribution >= 4 is 34.2 Å². The van der Waals surface area contributed by atoms with Gasteiger partial charge >= 0.3 is 6.18 Å². The number of rotatable bonds is 2. The molecule has 1 aliphatic rings. The minimum Gasteiger partial charge on any atom is -0.340 e. The van der Waals surface area contributed by atoms with Crippen molar-refractivity contribution in [1.82, 2.24) is 9.97 Å². The molecule has 0 saturated heterocycles. The molecule has 3 nitrogen and oxygen atoms in total. The number of benzene rings is 2. The minimum absolute atomic E-state index is 0.561. The van der Waals surface area contributed by atoms with Crippen LogP contribution in [0.3, 0.4) is 0 Å². The van der Waals surface area contributed by atoms with Gasteiger partial charge in [0, 0.05) is 21.7 Å². The maximum atomic E-state index is 12.7. The van der Waals surface area contributed by atoms with E-state index < -0.39 is 11.7 Å². The second-order valence-corrected chi connectivity index (χ2v) is 6.59. The number of alkyl halides is 3. The van der Waals surface area contributed by atoms with Gasteiger partial charge in [0.1, 0.15) is 12.1 Å². The molecule has 2 heterocycles. The van der Waals surface area contributed by atoms with Crippen LogP contribution in [0.2, 0.25) is 0 Å². The molecular formula is C17H12F3N3S. The van der Waals surface area contributed by atoms with Gasteiger partial charge in [-0.15, -0.1) is 11.8 Å². The van der Waals surface area contributed by atoms with E-state index in [4.69, 9.17) is 0 Å². The number of hydrogen-bond acceptors (Lipinski definition) is 4. The van der Waals surface area contributed by atoms with Gasteiger partial charge in [-0.3, -0.25) is 0 Å². The molecule has 0 radical (unpaired) electrons. The van der Waals surface area contributed by atoms with Gasteiger partial charge in [-0.05, 0) is 48.4 Å². The van der Waals surface area contributed by atoms with Crippen LogP contribution >= 0.6 is 11.8 Å². The summed E-state index contributed by atoms with van der Waals surface area (Å²) in [5.74, 6) is 1.64. The third-order valence-electron chi connectivity index (χ3n) is 3.95. The second kappa shape index (κ2) is 5.66. The molecule has 2 aromatic carbocycles. The summed E-state index contributed by atoms with van der Waals surface area (Å²) in [6.45, 7) is 0. The first-order chi connectivity index (χ1) is 11.5. The molecule has 0 amide bonds. The van der Waals surface area contributed by atoms with Gasteiger partial charge < -0.3 is 5.32 Å². The van der Waals surface area contributed by atoms with E-state index in [0.29, 0.717) is 11.5 Å². The number of anilines is 2. The molecule has 0 saturated carbocycles. The van der Waals surface area contributed by atoms with Gasteiger partial charge in [0.05, 0.1) is 11.1 Å². The van der Waals surface area contributed by atoms with Crippen LogP contribution in [0, 0.1) is 0 Å². The molecule has 0 unspecified atom stereocenters. The number of halogens is 3. The smallest absolute Gasteiger partial charge is 0.340 e. The number of aromatic nitrogens is 2. The highest BCUT2D eigenvalue weighted by molar-refractivity contribution is 7.99. The van der Waals surface area contributed by atoms with E-state index in [1.807, 2.05) is 6.07 Å². The average Bonchev–Trinajstić information content (AvgIpc) is 3.03. The Kier molecular flexibility index (Phi) is 3.60. The number of fused-ring (bicyclic) bond motifs is 3. The lowest BCUT2D eigenvalue weighted by molar-refractivity contribution is -0.137. The number of aryl methyl sites for hydroxylation is 1. The quantitative estimate of drug-likeness (QED) is 0.705. The Morgan fingerprint density at radius 1 is 1.00 bits per heavy atom. The van der Waals surface area contributed by atoms with Crippen LogP contribution in [0.5, 0.6) is 0 Å². The van der Waals surface area contributed by atoms with Crippen molar-refractivity contribution in [2.45, 2.75) is 17.5 Å². The Morgan fingerprint density at radius 3 is 2.54 bits per heavy atom. The van der Waals surface area contributed by atoms with Gasteiger partial charge in [0.25, 0.3) is 0 Å². The minimum atomic E-state index is -4.34. The van der Waals surface area contributed by atoms with Gasteiger partial charge in [-0.1, -0.05) is 0 Å². The maximum absolute atomic E-state index is 12.7. The highest BCUT2D eigenvalue weighted by Gasteiger charge is 2.30. The summed E-state index contributed by atoms with van der Waals surface area (Å²) in [6.07, 6.45) is -1.94. The molecule has 0 spiro atoms. The summed E-state index contributed by atoms with van der Waals surface area (Å²) in [7, 11) is 0. The maximum Gasteiger partial charge on any atom is 0.416 e. The van der Waals surface area contributed by atoms with Crippen LogP contribution in [-0.2, 0) is 12.6 Å². The zero-order chi connectivity index (χ0) is 16.7. The molecule has 3 aromatic rings. The number of hydrogen-bond donors (Lipinski definition) is 1. The molecule has 7 heteroatoms. The van der Waals surface area contributed by atoms with Gasteiger partial charge in [0.2, 0.25) is 0 Å². The molecule has 1 aliphatic heterocycles. The third kappa shape index (κ3) is 2.69. The molecule has 0 fully saturated rings. The van der Waals surface area contributed by atoms with E-state index in [1.165, 1.54) is 28.9 Å². The highest BCUT2D eigenvalue weighted by atomic mass is 32.2. The normalized spacial score (nSPS) is 14.0. The fourth-order valence-corrected chi connectivity index (χ4v) is 3.89. The third-order valence-corrected chi connectivity index (χ3v) is 5.05. The van der Waals surface area contributed by atoms with Crippen LogP contribution in [0.1, 0.15) is 11.1 Å². The van der Waals surface area contributed by atoms with Gasteiger partial charge in [0.15, 0.2) is 0 Å². The molecule has 0 atom stereocenters. The molecule has 24 heavy (non-hydrogen) atoms. The number of nitrogens with zero attached hydrogens (tertiary/aromatic N) is 2. The Labute approximate surface area is 140 Å². The molecule has 1 aromatic heterocycles. The summed E-state index contributed by atoms with van der Waals surface area (Å²) >= 11 is 1.79. The lowest BCUT2D eigenvalue weighted by Gasteiger charge is -2.12. The molecule has 0 bridgehead atoms. The van der Waals surface area contributed by atoms with E-state index in [0.717, 1.165) is 35.2 Å². The van der Waals surface area contributed by atoms with Crippen LogP contribution in [-0.4, -0.2) is 15.7 Å². The van der Waals surface area contributed by atoms with Crippen LogP contribution < -0.4 is 5.32 Å². The molecule has 4 rings (SSSR count). The lowest BCUT2D eigenvalue weighted by Crippen LogP contribution is -2.04.